The summed E-state index contributed by atoms with van der Waals surface area (Å²) in [7, 11) is -4.07. The van der Waals surface area contributed by atoms with E-state index in [1.54, 1.807) is 34.6 Å². The van der Waals surface area contributed by atoms with Crippen LogP contribution in [-0.2, 0) is 33.2 Å². The van der Waals surface area contributed by atoms with Gasteiger partial charge in [-0.25, -0.2) is 19.4 Å². The number of amides is 1. The molecule has 11 heteroatoms. The second-order valence-electron chi connectivity index (χ2n) is 5.29. The lowest BCUT2D eigenvalue weighted by atomic mass is 10.2. The van der Waals surface area contributed by atoms with Crippen LogP contribution in [0.1, 0.15) is 34.6 Å². The Morgan fingerprint density at radius 2 is 1.61 bits per heavy atom. The molecule has 0 aromatic carbocycles. The van der Waals surface area contributed by atoms with Crippen LogP contribution in [0.5, 0.6) is 0 Å². The van der Waals surface area contributed by atoms with Crippen LogP contribution in [0.15, 0.2) is 0 Å². The molecule has 0 spiro atoms. The lowest BCUT2D eigenvalue weighted by Gasteiger charge is -2.23. The molecule has 0 saturated heterocycles. The van der Waals surface area contributed by atoms with Crippen LogP contribution in [0, 0.1) is 0 Å². The molecule has 0 aliphatic heterocycles. The zero-order chi connectivity index (χ0) is 18.1. The third-order valence-electron chi connectivity index (χ3n) is 1.96. The Morgan fingerprint density at radius 3 is 1.96 bits per heavy atom. The Kier molecular flexibility index (Phi) is 9.33. The summed E-state index contributed by atoms with van der Waals surface area (Å²) in [6.07, 6.45) is -1.69. The van der Waals surface area contributed by atoms with Crippen molar-refractivity contribution >= 4 is 19.7 Å². The van der Waals surface area contributed by atoms with Crippen LogP contribution < -0.4 is 5.32 Å². The number of ether oxygens (including phenoxy) is 1. The van der Waals surface area contributed by atoms with Gasteiger partial charge in [-0.15, -0.1) is 9.35 Å². The summed E-state index contributed by atoms with van der Waals surface area (Å²) in [5, 5.41) is 11.2. The van der Waals surface area contributed by atoms with Gasteiger partial charge in [0.05, 0.1) is 19.4 Å². The number of rotatable bonds is 10. The maximum absolute atomic E-state index is 12.4. The van der Waals surface area contributed by atoms with Crippen LogP contribution in [0.4, 0.5) is 4.79 Å². The van der Waals surface area contributed by atoms with Crippen molar-refractivity contribution in [2.75, 3.05) is 19.4 Å². The van der Waals surface area contributed by atoms with Gasteiger partial charge in [0.25, 0.3) is 0 Å². The van der Waals surface area contributed by atoms with Crippen molar-refractivity contribution in [1.29, 1.82) is 0 Å². The van der Waals surface area contributed by atoms with E-state index >= 15 is 0 Å². The molecule has 0 fully saturated rings. The Hall–Kier alpha value is -1.19. The maximum atomic E-state index is 12.4. The molecule has 1 amide bonds. The molecule has 0 aromatic rings. The van der Waals surface area contributed by atoms with Crippen molar-refractivity contribution in [1.82, 2.24) is 5.32 Å². The van der Waals surface area contributed by atoms with E-state index in [1.165, 1.54) is 0 Å². The summed E-state index contributed by atoms with van der Waals surface area (Å²) in [5.41, 5.74) is -0.819. The molecule has 0 aromatic heterocycles. The van der Waals surface area contributed by atoms with Gasteiger partial charge in [0.1, 0.15) is 11.6 Å². The van der Waals surface area contributed by atoms with Gasteiger partial charge in [-0.05, 0) is 34.6 Å². The van der Waals surface area contributed by atoms with Crippen molar-refractivity contribution in [2.45, 2.75) is 46.3 Å². The van der Waals surface area contributed by atoms with Gasteiger partial charge in [0.2, 0.25) is 0 Å². The highest BCUT2D eigenvalue weighted by Gasteiger charge is 2.37. The van der Waals surface area contributed by atoms with Gasteiger partial charge in [-0.1, -0.05) is 0 Å². The third-order valence-corrected chi connectivity index (χ3v) is 3.44. The van der Waals surface area contributed by atoms with E-state index in [1.807, 2.05) is 0 Å². The predicted molar refractivity (Wildman–Crippen MR) is 78.7 cm³/mol. The molecular formula is C12H24NO9P. The van der Waals surface area contributed by atoms with E-state index < -0.39 is 37.5 Å². The highest BCUT2D eigenvalue weighted by molar-refractivity contribution is 7.53. The topological polar surface area (TPSA) is 130 Å². The number of nitrogens with one attached hydrogen (secondary N) is 1. The first-order chi connectivity index (χ1) is 10.5. The van der Waals surface area contributed by atoms with Gasteiger partial charge in [-0.2, -0.15) is 0 Å². The molecule has 0 aliphatic carbocycles. The minimum absolute atomic E-state index is 0.0523. The summed E-state index contributed by atoms with van der Waals surface area (Å²) in [6, 6.07) is -1.59. The Balaban J connectivity index is 4.94. The Bertz CT molecular complexity index is 423. The van der Waals surface area contributed by atoms with Crippen LogP contribution in [0.3, 0.4) is 0 Å². The van der Waals surface area contributed by atoms with E-state index in [4.69, 9.17) is 9.84 Å². The fourth-order valence-corrected chi connectivity index (χ4v) is 2.57. The van der Waals surface area contributed by atoms with Crippen LogP contribution in [-0.4, -0.2) is 48.2 Å². The Labute approximate surface area is 134 Å². The number of aliphatic carboxylic acids is 1. The minimum Gasteiger partial charge on any atom is -0.480 e. The van der Waals surface area contributed by atoms with Crippen LogP contribution in [0.2, 0.25) is 0 Å². The van der Waals surface area contributed by atoms with Gasteiger partial charge in [0, 0.05) is 0 Å². The van der Waals surface area contributed by atoms with E-state index in [0.717, 1.165) is 0 Å². The lowest BCUT2D eigenvalue weighted by molar-refractivity contribution is -0.263. The highest BCUT2D eigenvalue weighted by atomic mass is 31.2. The van der Waals surface area contributed by atoms with Crippen molar-refractivity contribution < 1.29 is 43.1 Å². The summed E-state index contributed by atoms with van der Waals surface area (Å²) >= 11 is 0. The fraction of sp³-hybridized carbons (Fsp3) is 0.833. The molecular weight excluding hydrogens is 333 g/mol. The SMILES string of the molecule is CCOOP(=O)(CC(NC(=O)OC(C)(C)C)C(=O)O)OOCC. The zero-order valence-corrected chi connectivity index (χ0v) is 14.8. The van der Waals surface area contributed by atoms with E-state index in [-0.39, 0.29) is 13.2 Å². The second-order valence-corrected chi connectivity index (χ2v) is 7.18. The maximum Gasteiger partial charge on any atom is 0.408 e. The minimum atomic E-state index is -4.07. The molecule has 0 aliphatic rings. The molecule has 1 atom stereocenters. The van der Waals surface area contributed by atoms with Gasteiger partial charge in [0.15, 0.2) is 0 Å². The molecule has 2 N–H and O–H groups in total. The fourth-order valence-electron chi connectivity index (χ4n) is 1.20. The summed E-state index contributed by atoms with van der Waals surface area (Å²) < 4.78 is 26.5. The smallest absolute Gasteiger partial charge is 0.408 e. The van der Waals surface area contributed by atoms with Crippen LogP contribution >= 0.6 is 7.60 Å². The average Bonchev–Trinajstić information content (AvgIpc) is 2.40. The molecule has 136 valence electrons. The summed E-state index contributed by atoms with van der Waals surface area (Å²) in [5.74, 6) is -1.45. The summed E-state index contributed by atoms with van der Waals surface area (Å²) in [6.45, 7) is 8.08. The van der Waals surface area contributed by atoms with Gasteiger partial charge >= 0.3 is 19.7 Å². The molecule has 23 heavy (non-hydrogen) atoms. The zero-order valence-electron chi connectivity index (χ0n) is 13.9. The number of carbonyl (C=O) groups is 2. The van der Waals surface area contributed by atoms with Crippen molar-refractivity contribution in [3.8, 4) is 0 Å². The quantitative estimate of drug-likeness (QED) is 0.343. The van der Waals surface area contributed by atoms with Crippen LogP contribution in [0.25, 0.3) is 0 Å². The molecule has 0 rings (SSSR count). The standard InChI is InChI=1S/C12H24NO9P/c1-6-18-21-23(17,22-19-7-2)8-9(10(14)15)13-11(16)20-12(3,4)5/h9H,6-8H2,1-5H3,(H,13,16)(H,14,15). The first kappa shape index (κ1) is 21.8. The number of alkyl carbamates (subject to hydrolysis) is 1. The van der Waals surface area contributed by atoms with Crippen molar-refractivity contribution in [3.05, 3.63) is 0 Å². The third kappa shape index (κ3) is 10.2. The van der Waals surface area contributed by atoms with E-state index in [0.29, 0.717) is 0 Å². The predicted octanol–water partition coefficient (Wildman–Crippen LogP) is 2.09. The first-order valence-electron chi connectivity index (χ1n) is 6.96. The summed E-state index contributed by atoms with van der Waals surface area (Å²) in [4.78, 5) is 32.0. The molecule has 0 radical (unpaired) electrons. The number of carbonyl (C=O) groups excluding carboxylic acids is 1. The monoisotopic (exact) mass is 357 g/mol. The lowest BCUT2D eigenvalue weighted by Crippen LogP contribution is -2.45. The normalized spacial score (nSPS) is 13.4. The molecule has 0 saturated carbocycles. The van der Waals surface area contributed by atoms with Gasteiger partial charge in [-0.3, -0.25) is 4.57 Å². The second kappa shape index (κ2) is 9.84. The number of hydrogen-bond acceptors (Lipinski definition) is 8. The number of hydrogen-bond donors (Lipinski definition) is 2. The Morgan fingerprint density at radius 1 is 1.13 bits per heavy atom. The molecule has 1 unspecified atom stereocenters. The molecule has 0 heterocycles. The number of carboxylic acids is 1. The van der Waals surface area contributed by atoms with E-state index in [9.17, 15) is 14.2 Å². The van der Waals surface area contributed by atoms with Crippen molar-refractivity contribution in [2.24, 2.45) is 0 Å². The largest absolute Gasteiger partial charge is 0.480 e. The van der Waals surface area contributed by atoms with Gasteiger partial charge < -0.3 is 15.2 Å². The first-order valence-corrected chi connectivity index (χ1v) is 8.69. The van der Waals surface area contributed by atoms with E-state index in [2.05, 4.69) is 24.4 Å². The van der Waals surface area contributed by atoms with Crippen molar-refractivity contribution in [3.63, 3.8) is 0 Å². The highest BCUT2D eigenvalue weighted by Crippen LogP contribution is 2.49. The molecule has 10 nitrogen and oxygen atoms in total. The average molecular weight is 357 g/mol. The number of carboxylic acid groups (broad SMARTS) is 1. The molecule has 0 bridgehead atoms.